The zero-order valence-electron chi connectivity index (χ0n) is 11.1. The largest absolute Gasteiger partial charge is 0.489 e. The third-order valence-corrected chi connectivity index (χ3v) is 2.83. The number of nitrogens with one attached hydrogen (secondary N) is 1. The molecule has 19 heavy (non-hydrogen) atoms. The van der Waals surface area contributed by atoms with Gasteiger partial charge in [-0.05, 0) is 24.6 Å². The van der Waals surface area contributed by atoms with Crippen LogP contribution in [0.15, 0.2) is 48.5 Å². The number of carbonyl (C=O) groups excluding carboxylic acids is 1. The van der Waals surface area contributed by atoms with Gasteiger partial charge in [0.2, 0.25) is 5.91 Å². The van der Waals surface area contributed by atoms with Gasteiger partial charge in [0.15, 0.2) is 0 Å². The Morgan fingerprint density at radius 1 is 1.11 bits per heavy atom. The van der Waals surface area contributed by atoms with Crippen molar-refractivity contribution in [2.45, 2.75) is 20.5 Å². The molecule has 2 rings (SSSR count). The van der Waals surface area contributed by atoms with E-state index in [0.29, 0.717) is 6.61 Å². The highest BCUT2D eigenvalue weighted by molar-refractivity contribution is 5.89. The molecule has 0 saturated heterocycles. The van der Waals surface area contributed by atoms with Gasteiger partial charge >= 0.3 is 0 Å². The Kier molecular flexibility index (Phi) is 4.18. The highest BCUT2D eigenvalue weighted by Gasteiger charge is 2.06. The highest BCUT2D eigenvalue weighted by atomic mass is 16.5. The van der Waals surface area contributed by atoms with Gasteiger partial charge in [-0.2, -0.15) is 0 Å². The Bertz CT molecular complexity index is 564. The summed E-state index contributed by atoms with van der Waals surface area (Å²) < 4.78 is 5.79. The predicted octanol–water partition coefficient (Wildman–Crippen LogP) is 3.53. The van der Waals surface area contributed by atoms with Crippen molar-refractivity contribution in [1.82, 2.24) is 0 Å². The summed E-state index contributed by atoms with van der Waals surface area (Å²) in [7, 11) is 0. The smallest absolute Gasteiger partial charge is 0.221 e. The van der Waals surface area contributed by atoms with Crippen LogP contribution >= 0.6 is 0 Å². The Hall–Kier alpha value is -2.29. The van der Waals surface area contributed by atoms with Crippen molar-refractivity contribution in [1.29, 1.82) is 0 Å². The SMILES string of the molecule is CC(=O)Nc1cccc(OCc2ccccc2)c1C. The number of amides is 1. The van der Waals surface area contributed by atoms with E-state index in [1.54, 1.807) is 0 Å². The quantitative estimate of drug-likeness (QED) is 0.907. The lowest BCUT2D eigenvalue weighted by atomic mass is 10.1. The summed E-state index contributed by atoms with van der Waals surface area (Å²) in [5.41, 5.74) is 2.85. The van der Waals surface area contributed by atoms with Crippen LogP contribution < -0.4 is 10.1 Å². The summed E-state index contributed by atoms with van der Waals surface area (Å²) in [5, 5.41) is 2.79. The molecule has 0 atom stereocenters. The summed E-state index contributed by atoms with van der Waals surface area (Å²) in [5.74, 6) is 0.707. The summed E-state index contributed by atoms with van der Waals surface area (Å²) in [6.07, 6.45) is 0. The molecule has 3 nitrogen and oxygen atoms in total. The van der Waals surface area contributed by atoms with Crippen molar-refractivity contribution in [3.8, 4) is 5.75 Å². The Morgan fingerprint density at radius 3 is 2.53 bits per heavy atom. The van der Waals surface area contributed by atoms with Crippen LogP contribution in [0.4, 0.5) is 5.69 Å². The van der Waals surface area contributed by atoms with E-state index < -0.39 is 0 Å². The molecule has 98 valence electrons. The lowest BCUT2D eigenvalue weighted by Gasteiger charge is -2.13. The zero-order chi connectivity index (χ0) is 13.7. The van der Waals surface area contributed by atoms with Crippen LogP contribution in [0.2, 0.25) is 0 Å². The standard InChI is InChI=1S/C16H17NO2/c1-12-15(17-13(2)18)9-6-10-16(12)19-11-14-7-4-3-5-8-14/h3-10H,11H2,1-2H3,(H,17,18). The van der Waals surface area contributed by atoms with E-state index in [1.165, 1.54) is 6.92 Å². The second-order valence-corrected chi connectivity index (χ2v) is 4.38. The molecule has 0 heterocycles. The van der Waals surface area contributed by atoms with E-state index in [4.69, 9.17) is 4.74 Å². The van der Waals surface area contributed by atoms with Crippen molar-refractivity contribution in [3.05, 3.63) is 59.7 Å². The molecular weight excluding hydrogens is 238 g/mol. The first-order valence-corrected chi connectivity index (χ1v) is 6.21. The maximum absolute atomic E-state index is 11.1. The average Bonchev–Trinajstić information content (AvgIpc) is 2.40. The fourth-order valence-corrected chi connectivity index (χ4v) is 1.83. The van der Waals surface area contributed by atoms with Gasteiger partial charge in [0.25, 0.3) is 0 Å². The fraction of sp³-hybridized carbons (Fsp3) is 0.188. The van der Waals surface area contributed by atoms with E-state index in [1.807, 2.05) is 55.5 Å². The minimum Gasteiger partial charge on any atom is -0.489 e. The van der Waals surface area contributed by atoms with Crippen molar-refractivity contribution < 1.29 is 9.53 Å². The molecule has 0 aliphatic carbocycles. The fourth-order valence-electron chi connectivity index (χ4n) is 1.83. The monoisotopic (exact) mass is 255 g/mol. The Balaban J connectivity index is 2.10. The van der Waals surface area contributed by atoms with Gasteiger partial charge in [0.1, 0.15) is 12.4 Å². The number of carbonyl (C=O) groups is 1. The van der Waals surface area contributed by atoms with Gasteiger partial charge in [0.05, 0.1) is 0 Å². The maximum Gasteiger partial charge on any atom is 0.221 e. The number of rotatable bonds is 4. The van der Waals surface area contributed by atoms with Crippen LogP contribution in [0.25, 0.3) is 0 Å². The van der Waals surface area contributed by atoms with Crippen LogP contribution in [0, 0.1) is 6.92 Å². The molecule has 0 saturated carbocycles. The van der Waals surface area contributed by atoms with Crippen molar-refractivity contribution in [3.63, 3.8) is 0 Å². The molecule has 0 bridgehead atoms. The predicted molar refractivity (Wildman–Crippen MR) is 76.3 cm³/mol. The minimum absolute atomic E-state index is 0.0803. The van der Waals surface area contributed by atoms with Gasteiger partial charge in [-0.25, -0.2) is 0 Å². The summed E-state index contributed by atoms with van der Waals surface area (Å²) >= 11 is 0. The van der Waals surface area contributed by atoms with Gasteiger partial charge < -0.3 is 10.1 Å². The van der Waals surface area contributed by atoms with E-state index >= 15 is 0 Å². The van der Waals surface area contributed by atoms with Crippen LogP contribution in [0.5, 0.6) is 5.75 Å². The molecule has 1 N–H and O–H groups in total. The normalized spacial score (nSPS) is 10.0. The summed E-state index contributed by atoms with van der Waals surface area (Å²) in [6, 6.07) is 15.6. The van der Waals surface area contributed by atoms with Crippen molar-refractivity contribution >= 4 is 11.6 Å². The first-order chi connectivity index (χ1) is 9.16. The topological polar surface area (TPSA) is 38.3 Å². The van der Waals surface area contributed by atoms with Crippen LogP contribution in [-0.4, -0.2) is 5.91 Å². The number of hydrogen-bond donors (Lipinski definition) is 1. The van der Waals surface area contributed by atoms with E-state index in [-0.39, 0.29) is 5.91 Å². The maximum atomic E-state index is 11.1. The molecule has 0 aromatic heterocycles. The molecule has 0 radical (unpaired) electrons. The van der Waals surface area contributed by atoms with Gasteiger partial charge in [0, 0.05) is 18.2 Å². The lowest BCUT2D eigenvalue weighted by molar-refractivity contribution is -0.114. The Labute approximate surface area is 113 Å². The first kappa shape index (κ1) is 13.1. The number of anilines is 1. The highest BCUT2D eigenvalue weighted by Crippen LogP contribution is 2.26. The molecule has 2 aromatic carbocycles. The molecule has 0 aliphatic rings. The molecule has 2 aromatic rings. The van der Waals surface area contributed by atoms with E-state index in [0.717, 1.165) is 22.6 Å². The van der Waals surface area contributed by atoms with Crippen molar-refractivity contribution in [2.24, 2.45) is 0 Å². The third kappa shape index (κ3) is 3.58. The van der Waals surface area contributed by atoms with Crippen LogP contribution in [0.1, 0.15) is 18.1 Å². The summed E-state index contributed by atoms with van der Waals surface area (Å²) in [4.78, 5) is 11.1. The Morgan fingerprint density at radius 2 is 1.84 bits per heavy atom. The molecule has 1 amide bonds. The molecule has 0 aliphatic heterocycles. The summed E-state index contributed by atoms with van der Waals surface area (Å²) in [6.45, 7) is 3.95. The number of benzene rings is 2. The van der Waals surface area contributed by atoms with E-state index in [2.05, 4.69) is 5.32 Å². The molecule has 0 spiro atoms. The van der Waals surface area contributed by atoms with Crippen molar-refractivity contribution in [2.75, 3.05) is 5.32 Å². The number of ether oxygens (including phenoxy) is 1. The van der Waals surface area contributed by atoms with Crippen LogP contribution in [-0.2, 0) is 11.4 Å². The molecular formula is C16H17NO2. The zero-order valence-corrected chi connectivity index (χ0v) is 11.1. The molecule has 0 unspecified atom stereocenters. The van der Waals surface area contributed by atoms with Crippen LogP contribution in [0.3, 0.4) is 0 Å². The van der Waals surface area contributed by atoms with Gasteiger partial charge in [-0.3, -0.25) is 4.79 Å². The second-order valence-electron chi connectivity index (χ2n) is 4.38. The van der Waals surface area contributed by atoms with E-state index in [9.17, 15) is 4.79 Å². The molecule has 3 heteroatoms. The average molecular weight is 255 g/mol. The number of hydrogen-bond acceptors (Lipinski definition) is 2. The minimum atomic E-state index is -0.0803. The second kappa shape index (κ2) is 6.05. The van der Waals surface area contributed by atoms with Gasteiger partial charge in [-0.1, -0.05) is 36.4 Å². The lowest BCUT2D eigenvalue weighted by Crippen LogP contribution is -2.08. The van der Waals surface area contributed by atoms with Gasteiger partial charge in [-0.15, -0.1) is 0 Å². The first-order valence-electron chi connectivity index (χ1n) is 6.21. The molecule has 0 fully saturated rings. The third-order valence-electron chi connectivity index (χ3n) is 2.83.